The molecule has 108 valence electrons. The molecule has 0 aliphatic carbocycles. The van der Waals surface area contributed by atoms with Gasteiger partial charge in [0.25, 0.3) is 10.1 Å². The van der Waals surface area contributed by atoms with Crippen LogP contribution in [0, 0.1) is 0 Å². The van der Waals surface area contributed by atoms with E-state index >= 15 is 0 Å². The van der Waals surface area contributed by atoms with Crippen LogP contribution in [0.2, 0.25) is 0 Å². The molecule has 0 saturated heterocycles. The fourth-order valence-corrected chi connectivity index (χ4v) is 2.88. The van der Waals surface area contributed by atoms with Gasteiger partial charge in [-0.3, -0.25) is 4.55 Å². The highest BCUT2D eigenvalue weighted by molar-refractivity contribution is 7.86. The number of hydrogen-bond acceptors (Lipinski definition) is 5. The van der Waals surface area contributed by atoms with Crippen LogP contribution in [0.3, 0.4) is 0 Å². The van der Waals surface area contributed by atoms with Crippen LogP contribution in [-0.4, -0.2) is 28.3 Å². The summed E-state index contributed by atoms with van der Waals surface area (Å²) in [6.45, 7) is 0. The lowest BCUT2D eigenvalue weighted by molar-refractivity contribution is 0.444. The van der Waals surface area contributed by atoms with E-state index in [2.05, 4.69) is 0 Å². The van der Waals surface area contributed by atoms with Gasteiger partial charge in [-0.2, -0.15) is 8.42 Å². The number of aromatic hydroxyl groups is 3. The van der Waals surface area contributed by atoms with E-state index in [-0.39, 0.29) is 11.5 Å². The summed E-state index contributed by atoms with van der Waals surface area (Å²) >= 11 is 0. The Morgan fingerprint density at radius 1 is 0.714 bits per heavy atom. The molecule has 3 rings (SSSR count). The standard InChI is InChI=1S/C14H10O6S/c15-11-1-2-12(16)10-4-8-6-14(21(18,19)20)13(17)5-7(8)3-9(10)11/h1-6,15-17H,(H,18,19,20). The van der Waals surface area contributed by atoms with Crippen molar-refractivity contribution in [3.63, 3.8) is 0 Å². The molecular weight excluding hydrogens is 296 g/mol. The normalized spacial score (nSPS) is 12.0. The lowest BCUT2D eigenvalue weighted by Gasteiger charge is -2.08. The summed E-state index contributed by atoms with van der Waals surface area (Å²) in [6.07, 6.45) is 0. The predicted octanol–water partition coefficient (Wildman–Crippen LogP) is 2.36. The zero-order chi connectivity index (χ0) is 15.4. The Morgan fingerprint density at radius 3 is 1.67 bits per heavy atom. The van der Waals surface area contributed by atoms with Crippen molar-refractivity contribution < 1.29 is 28.3 Å². The molecule has 21 heavy (non-hydrogen) atoms. The second-order valence-electron chi connectivity index (χ2n) is 4.64. The molecule has 0 aliphatic heterocycles. The van der Waals surface area contributed by atoms with Crippen molar-refractivity contribution in [1.82, 2.24) is 0 Å². The minimum atomic E-state index is -4.56. The molecule has 3 aromatic rings. The van der Waals surface area contributed by atoms with Crippen LogP contribution in [0.5, 0.6) is 17.2 Å². The quantitative estimate of drug-likeness (QED) is 0.312. The zero-order valence-corrected chi connectivity index (χ0v) is 11.3. The third-order valence-corrected chi connectivity index (χ3v) is 4.17. The first-order valence-corrected chi connectivity index (χ1v) is 7.30. The van der Waals surface area contributed by atoms with Gasteiger partial charge in [-0.05, 0) is 47.2 Å². The first-order chi connectivity index (χ1) is 9.77. The Balaban J connectivity index is 2.47. The highest BCUT2D eigenvalue weighted by Gasteiger charge is 2.17. The molecule has 0 amide bonds. The number of phenolic OH excluding ortho intramolecular Hbond substituents is 3. The summed E-state index contributed by atoms with van der Waals surface area (Å²) in [6, 6.07) is 7.88. The van der Waals surface area contributed by atoms with E-state index < -0.39 is 20.8 Å². The van der Waals surface area contributed by atoms with Gasteiger partial charge in [-0.15, -0.1) is 0 Å². The van der Waals surface area contributed by atoms with E-state index in [9.17, 15) is 23.7 Å². The van der Waals surface area contributed by atoms with E-state index in [1.807, 2.05) is 0 Å². The van der Waals surface area contributed by atoms with Gasteiger partial charge in [0.05, 0.1) is 0 Å². The first kappa shape index (κ1) is 13.5. The Hall–Kier alpha value is -2.51. The van der Waals surface area contributed by atoms with Crippen LogP contribution in [0.25, 0.3) is 21.5 Å². The average molecular weight is 306 g/mol. The number of rotatable bonds is 1. The molecule has 0 heterocycles. The smallest absolute Gasteiger partial charge is 0.298 e. The Kier molecular flexibility index (Phi) is 2.72. The van der Waals surface area contributed by atoms with Gasteiger partial charge in [0.1, 0.15) is 22.1 Å². The van der Waals surface area contributed by atoms with Gasteiger partial charge >= 0.3 is 0 Å². The van der Waals surface area contributed by atoms with Crippen LogP contribution >= 0.6 is 0 Å². The summed E-state index contributed by atoms with van der Waals surface area (Å²) in [5.41, 5.74) is 0. The van der Waals surface area contributed by atoms with Crippen LogP contribution in [0.1, 0.15) is 0 Å². The Labute approximate surface area is 119 Å². The molecule has 0 radical (unpaired) electrons. The molecule has 3 aromatic carbocycles. The van der Waals surface area contributed by atoms with Crippen molar-refractivity contribution in [3.05, 3.63) is 36.4 Å². The van der Waals surface area contributed by atoms with Crippen molar-refractivity contribution in [3.8, 4) is 17.2 Å². The number of benzene rings is 3. The lowest BCUT2D eigenvalue weighted by atomic mass is 10.0. The van der Waals surface area contributed by atoms with E-state index in [0.29, 0.717) is 21.5 Å². The molecule has 4 N–H and O–H groups in total. The molecular formula is C14H10O6S. The Morgan fingerprint density at radius 2 is 1.19 bits per heavy atom. The zero-order valence-electron chi connectivity index (χ0n) is 10.5. The van der Waals surface area contributed by atoms with Crippen molar-refractivity contribution >= 4 is 31.7 Å². The van der Waals surface area contributed by atoms with Crippen LogP contribution in [0.4, 0.5) is 0 Å². The number of phenols is 3. The monoisotopic (exact) mass is 306 g/mol. The van der Waals surface area contributed by atoms with Crippen molar-refractivity contribution in [2.24, 2.45) is 0 Å². The second kappa shape index (κ2) is 4.24. The third-order valence-electron chi connectivity index (χ3n) is 3.28. The molecule has 0 atom stereocenters. The molecule has 0 aliphatic rings. The lowest BCUT2D eigenvalue weighted by Crippen LogP contribution is -1.98. The summed E-state index contributed by atoms with van der Waals surface area (Å²) in [7, 11) is -4.56. The van der Waals surface area contributed by atoms with E-state index in [1.165, 1.54) is 30.3 Å². The van der Waals surface area contributed by atoms with E-state index in [1.54, 1.807) is 0 Å². The van der Waals surface area contributed by atoms with Crippen LogP contribution in [-0.2, 0) is 10.1 Å². The number of fused-ring (bicyclic) bond motifs is 2. The maximum absolute atomic E-state index is 11.2. The van der Waals surface area contributed by atoms with Gasteiger partial charge < -0.3 is 15.3 Å². The highest BCUT2D eigenvalue weighted by atomic mass is 32.2. The SMILES string of the molecule is O=S(=O)(O)c1cc2cc3c(O)ccc(O)c3cc2cc1O. The van der Waals surface area contributed by atoms with Gasteiger partial charge in [-0.1, -0.05) is 0 Å². The maximum Gasteiger partial charge on any atom is 0.298 e. The summed E-state index contributed by atoms with van der Waals surface area (Å²) in [5.74, 6) is -0.724. The van der Waals surface area contributed by atoms with Crippen LogP contribution < -0.4 is 0 Å². The van der Waals surface area contributed by atoms with Crippen molar-refractivity contribution in [2.45, 2.75) is 4.90 Å². The average Bonchev–Trinajstić information content (AvgIpc) is 2.40. The Bertz CT molecular complexity index is 991. The molecule has 0 aromatic heterocycles. The molecule has 6 nitrogen and oxygen atoms in total. The molecule has 0 unspecified atom stereocenters. The summed E-state index contributed by atoms with van der Waals surface area (Å²) < 4.78 is 31.4. The summed E-state index contributed by atoms with van der Waals surface area (Å²) in [4.78, 5) is -0.617. The van der Waals surface area contributed by atoms with E-state index in [0.717, 1.165) is 6.07 Å². The first-order valence-electron chi connectivity index (χ1n) is 5.86. The minimum Gasteiger partial charge on any atom is -0.507 e. The fraction of sp³-hybridized carbons (Fsp3) is 0. The van der Waals surface area contributed by atoms with Crippen molar-refractivity contribution in [1.29, 1.82) is 0 Å². The van der Waals surface area contributed by atoms with E-state index in [4.69, 9.17) is 4.55 Å². The fourth-order valence-electron chi connectivity index (χ4n) is 2.28. The van der Waals surface area contributed by atoms with Gasteiger partial charge in [0, 0.05) is 10.8 Å². The topological polar surface area (TPSA) is 115 Å². The predicted molar refractivity (Wildman–Crippen MR) is 76.3 cm³/mol. The molecule has 0 bridgehead atoms. The summed E-state index contributed by atoms with van der Waals surface area (Å²) in [5, 5.41) is 30.8. The molecule has 0 fully saturated rings. The maximum atomic E-state index is 11.2. The van der Waals surface area contributed by atoms with Gasteiger partial charge in [0.2, 0.25) is 0 Å². The minimum absolute atomic E-state index is 0.0527. The third kappa shape index (κ3) is 2.12. The van der Waals surface area contributed by atoms with Gasteiger partial charge in [-0.25, -0.2) is 0 Å². The van der Waals surface area contributed by atoms with Gasteiger partial charge in [0.15, 0.2) is 0 Å². The second-order valence-corrected chi connectivity index (χ2v) is 6.03. The molecule has 0 saturated carbocycles. The number of hydrogen-bond donors (Lipinski definition) is 4. The largest absolute Gasteiger partial charge is 0.507 e. The highest BCUT2D eigenvalue weighted by Crippen LogP contribution is 2.37. The van der Waals surface area contributed by atoms with Crippen LogP contribution in [0.15, 0.2) is 41.3 Å². The molecule has 0 spiro atoms. The van der Waals surface area contributed by atoms with Crippen molar-refractivity contribution in [2.75, 3.05) is 0 Å². The molecule has 7 heteroatoms.